The maximum atomic E-state index is 11.4. The summed E-state index contributed by atoms with van der Waals surface area (Å²) in [7, 11) is 0. The molecular formula is C11H16N4O. The van der Waals surface area contributed by atoms with Gasteiger partial charge < -0.3 is 9.88 Å². The average Bonchev–Trinajstić information content (AvgIpc) is 2.70. The van der Waals surface area contributed by atoms with Gasteiger partial charge in [0.15, 0.2) is 0 Å². The molecule has 2 N–H and O–H groups in total. The standard InChI is InChI=1S/C11H16N4O/c1-3-4-12-7-11(16)14-10(2)8-15-6-5-13-9-15/h1,5-6,9-10,12H,4,7-8H2,2H3,(H,14,16). The molecule has 0 saturated heterocycles. The normalized spacial score (nSPS) is 11.8. The molecule has 1 aromatic heterocycles. The first-order chi connectivity index (χ1) is 7.72. The largest absolute Gasteiger partial charge is 0.351 e. The van der Waals surface area contributed by atoms with Crippen molar-refractivity contribution in [3.05, 3.63) is 18.7 Å². The third-order valence-corrected chi connectivity index (χ3v) is 1.96. The van der Waals surface area contributed by atoms with Crippen LogP contribution in [0.15, 0.2) is 18.7 Å². The van der Waals surface area contributed by atoms with Crippen molar-refractivity contribution in [1.82, 2.24) is 20.2 Å². The van der Waals surface area contributed by atoms with Gasteiger partial charge in [0.1, 0.15) is 0 Å². The van der Waals surface area contributed by atoms with Gasteiger partial charge in [-0.05, 0) is 6.92 Å². The van der Waals surface area contributed by atoms with E-state index in [1.165, 1.54) is 0 Å². The van der Waals surface area contributed by atoms with Gasteiger partial charge in [-0.15, -0.1) is 6.42 Å². The summed E-state index contributed by atoms with van der Waals surface area (Å²) < 4.78 is 1.92. The third-order valence-electron chi connectivity index (χ3n) is 1.96. The van der Waals surface area contributed by atoms with Crippen LogP contribution in [0.1, 0.15) is 6.92 Å². The van der Waals surface area contributed by atoms with Crippen LogP contribution < -0.4 is 10.6 Å². The molecule has 1 atom stereocenters. The molecule has 0 saturated carbocycles. The number of terminal acetylenes is 1. The van der Waals surface area contributed by atoms with E-state index in [0.717, 1.165) is 0 Å². The first-order valence-corrected chi connectivity index (χ1v) is 5.11. The van der Waals surface area contributed by atoms with Gasteiger partial charge in [0.05, 0.1) is 19.4 Å². The Bertz CT molecular complexity index is 353. The Labute approximate surface area is 95.3 Å². The van der Waals surface area contributed by atoms with Crippen LogP contribution in [-0.2, 0) is 11.3 Å². The van der Waals surface area contributed by atoms with Gasteiger partial charge >= 0.3 is 0 Å². The fourth-order valence-corrected chi connectivity index (χ4v) is 1.33. The second-order valence-electron chi connectivity index (χ2n) is 3.54. The highest BCUT2D eigenvalue weighted by Gasteiger charge is 2.06. The number of imidazole rings is 1. The first-order valence-electron chi connectivity index (χ1n) is 5.11. The monoisotopic (exact) mass is 220 g/mol. The van der Waals surface area contributed by atoms with Crippen molar-refractivity contribution < 1.29 is 4.79 Å². The maximum absolute atomic E-state index is 11.4. The molecule has 0 fully saturated rings. The number of hydrogen-bond acceptors (Lipinski definition) is 3. The minimum absolute atomic E-state index is 0.0529. The summed E-state index contributed by atoms with van der Waals surface area (Å²) >= 11 is 0. The van der Waals surface area contributed by atoms with E-state index in [4.69, 9.17) is 6.42 Å². The van der Waals surface area contributed by atoms with Crippen LogP contribution >= 0.6 is 0 Å². The van der Waals surface area contributed by atoms with E-state index in [2.05, 4.69) is 21.5 Å². The van der Waals surface area contributed by atoms with E-state index in [9.17, 15) is 4.79 Å². The van der Waals surface area contributed by atoms with E-state index < -0.39 is 0 Å². The fourth-order valence-electron chi connectivity index (χ4n) is 1.33. The first kappa shape index (κ1) is 12.3. The summed E-state index contributed by atoms with van der Waals surface area (Å²) in [5.41, 5.74) is 0. The SMILES string of the molecule is C#CCNCC(=O)NC(C)Cn1ccnc1. The maximum Gasteiger partial charge on any atom is 0.234 e. The summed E-state index contributed by atoms with van der Waals surface area (Å²) in [6.07, 6.45) is 10.3. The molecule has 5 nitrogen and oxygen atoms in total. The zero-order chi connectivity index (χ0) is 11.8. The molecule has 0 aromatic carbocycles. The van der Waals surface area contributed by atoms with Crippen LogP contribution in [0.5, 0.6) is 0 Å². The number of nitrogens with zero attached hydrogens (tertiary/aromatic N) is 2. The molecular weight excluding hydrogens is 204 g/mol. The molecule has 1 aromatic rings. The highest BCUT2D eigenvalue weighted by atomic mass is 16.1. The minimum atomic E-state index is -0.0529. The number of carbonyl (C=O) groups is 1. The minimum Gasteiger partial charge on any atom is -0.351 e. The van der Waals surface area contributed by atoms with Crippen LogP contribution in [0.2, 0.25) is 0 Å². The van der Waals surface area contributed by atoms with Gasteiger partial charge in [0.25, 0.3) is 0 Å². The molecule has 0 spiro atoms. The van der Waals surface area contributed by atoms with E-state index in [1.807, 2.05) is 17.7 Å². The van der Waals surface area contributed by atoms with Crippen molar-refractivity contribution in [2.75, 3.05) is 13.1 Å². The van der Waals surface area contributed by atoms with E-state index >= 15 is 0 Å². The van der Waals surface area contributed by atoms with Gasteiger partial charge in [0, 0.05) is 25.0 Å². The predicted octanol–water partition coefficient (Wildman–Crippen LogP) is -0.389. The number of amides is 1. The Morgan fingerprint density at radius 3 is 3.12 bits per heavy atom. The van der Waals surface area contributed by atoms with Gasteiger partial charge in [-0.1, -0.05) is 5.92 Å². The average molecular weight is 220 g/mol. The summed E-state index contributed by atoms with van der Waals surface area (Å²) in [5.74, 6) is 2.36. The lowest BCUT2D eigenvalue weighted by molar-refractivity contribution is -0.120. The lowest BCUT2D eigenvalue weighted by Gasteiger charge is -2.14. The van der Waals surface area contributed by atoms with Gasteiger partial charge in [-0.3, -0.25) is 10.1 Å². The van der Waals surface area contributed by atoms with Crippen LogP contribution in [0.4, 0.5) is 0 Å². The van der Waals surface area contributed by atoms with Crippen molar-refractivity contribution in [2.24, 2.45) is 0 Å². The number of aromatic nitrogens is 2. The molecule has 5 heteroatoms. The number of carbonyl (C=O) groups excluding carboxylic acids is 1. The molecule has 1 unspecified atom stereocenters. The van der Waals surface area contributed by atoms with Crippen LogP contribution in [0.25, 0.3) is 0 Å². The van der Waals surface area contributed by atoms with Crippen LogP contribution in [0.3, 0.4) is 0 Å². The quantitative estimate of drug-likeness (QED) is 0.507. The Morgan fingerprint density at radius 2 is 2.50 bits per heavy atom. The molecule has 86 valence electrons. The lowest BCUT2D eigenvalue weighted by atomic mass is 10.3. The summed E-state index contributed by atoms with van der Waals surface area (Å²) in [5, 5.41) is 5.69. The Balaban J connectivity index is 2.21. The van der Waals surface area contributed by atoms with Crippen LogP contribution in [-0.4, -0.2) is 34.6 Å². The number of hydrogen-bond donors (Lipinski definition) is 2. The zero-order valence-corrected chi connectivity index (χ0v) is 9.31. The number of rotatable bonds is 6. The highest BCUT2D eigenvalue weighted by Crippen LogP contribution is 1.91. The van der Waals surface area contributed by atoms with E-state index in [1.54, 1.807) is 12.5 Å². The Kier molecular flexibility index (Phi) is 5.09. The molecule has 1 rings (SSSR count). The molecule has 1 amide bonds. The van der Waals surface area contributed by atoms with E-state index in [-0.39, 0.29) is 18.5 Å². The fraction of sp³-hybridized carbons (Fsp3) is 0.455. The van der Waals surface area contributed by atoms with Gasteiger partial charge in [-0.2, -0.15) is 0 Å². The Morgan fingerprint density at radius 1 is 1.69 bits per heavy atom. The zero-order valence-electron chi connectivity index (χ0n) is 9.31. The lowest BCUT2D eigenvalue weighted by Crippen LogP contribution is -2.40. The number of nitrogens with one attached hydrogen (secondary N) is 2. The van der Waals surface area contributed by atoms with Crippen molar-refractivity contribution in [3.63, 3.8) is 0 Å². The van der Waals surface area contributed by atoms with Crippen molar-refractivity contribution in [3.8, 4) is 12.3 Å². The highest BCUT2D eigenvalue weighted by molar-refractivity contribution is 5.78. The Hall–Kier alpha value is -1.80. The molecule has 1 heterocycles. The van der Waals surface area contributed by atoms with Crippen molar-refractivity contribution in [2.45, 2.75) is 19.5 Å². The smallest absolute Gasteiger partial charge is 0.234 e. The summed E-state index contributed by atoms with van der Waals surface area (Å²) in [6.45, 7) is 3.31. The molecule has 16 heavy (non-hydrogen) atoms. The molecule has 0 aliphatic carbocycles. The topological polar surface area (TPSA) is 59.0 Å². The molecule has 0 aliphatic heterocycles. The molecule has 0 radical (unpaired) electrons. The van der Waals surface area contributed by atoms with Crippen molar-refractivity contribution in [1.29, 1.82) is 0 Å². The van der Waals surface area contributed by atoms with Crippen LogP contribution in [0, 0.1) is 12.3 Å². The van der Waals surface area contributed by atoms with Gasteiger partial charge in [0.2, 0.25) is 5.91 Å². The van der Waals surface area contributed by atoms with E-state index in [0.29, 0.717) is 13.1 Å². The second kappa shape index (κ2) is 6.64. The van der Waals surface area contributed by atoms with Crippen molar-refractivity contribution >= 4 is 5.91 Å². The molecule has 0 bridgehead atoms. The summed E-state index contributed by atoms with van der Waals surface area (Å²) in [6, 6.07) is 0.0642. The summed E-state index contributed by atoms with van der Waals surface area (Å²) in [4.78, 5) is 15.3. The third kappa shape index (κ3) is 4.62. The van der Waals surface area contributed by atoms with Gasteiger partial charge in [-0.25, -0.2) is 4.98 Å². The predicted molar refractivity (Wildman–Crippen MR) is 61.5 cm³/mol. The molecule has 0 aliphatic rings. The second-order valence-corrected chi connectivity index (χ2v) is 3.54.